The number of carbonyl (C=O) groups excluding carboxylic acids is 1. The molecule has 1 aliphatic heterocycles. The summed E-state index contributed by atoms with van der Waals surface area (Å²) < 4.78 is 7.71. The van der Waals surface area contributed by atoms with Crippen molar-refractivity contribution in [1.82, 2.24) is 19.4 Å². The van der Waals surface area contributed by atoms with Gasteiger partial charge in [-0.15, -0.1) is 0 Å². The van der Waals surface area contributed by atoms with Crippen LogP contribution >= 0.6 is 0 Å². The van der Waals surface area contributed by atoms with E-state index in [9.17, 15) is 4.79 Å². The van der Waals surface area contributed by atoms with Crippen molar-refractivity contribution >= 4 is 5.91 Å². The second-order valence-electron chi connectivity index (χ2n) is 7.32. The Morgan fingerprint density at radius 2 is 2.12 bits per heavy atom. The van der Waals surface area contributed by atoms with E-state index in [0.29, 0.717) is 25.7 Å². The van der Waals surface area contributed by atoms with Crippen LogP contribution in [0.4, 0.5) is 0 Å². The minimum Gasteiger partial charge on any atom is -0.377 e. The molecule has 3 heterocycles. The molecule has 1 aliphatic carbocycles. The zero-order valence-corrected chi connectivity index (χ0v) is 15.0. The number of aromatic nitrogens is 3. The number of amides is 1. The van der Waals surface area contributed by atoms with E-state index in [4.69, 9.17) is 4.74 Å². The van der Waals surface area contributed by atoms with E-state index in [2.05, 4.69) is 16.9 Å². The number of rotatable bonds is 3. The van der Waals surface area contributed by atoms with Crippen molar-refractivity contribution in [2.24, 2.45) is 5.92 Å². The SMILES string of the molecule is Cc1cc(C(=O)N2CCOCC2(C)C2CC2)c(C)n1-c1cnccn1. The Kier molecular flexibility index (Phi) is 3.87. The van der Waals surface area contributed by atoms with Crippen LogP contribution in [-0.4, -0.2) is 50.6 Å². The summed E-state index contributed by atoms with van der Waals surface area (Å²) in [5.41, 5.74) is 2.46. The number of nitrogens with zero attached hydrogens (tertiary/aromatic N) is 4. The van der Waals surface area contributed by atoms with Gasteiger partial charge >= 0.3 is 0 Å². The molecule has 2 aromatic heterocycles. The number of morpholine rings is 1. The maximum absolute atomic E-state index is 13.4. The highest BCUT2D eigenvalue weighted by atomic mass is 16.5. The van der Waals surface area contributed by atoms with Gasteiger partial charge in [-0.1, -0.05) is 0 Å². The lowest BCUT2D eigenvalue weighted by Crippen LogP contribution is -2.58. The van der Waals surface area contributed by atoms with Crippen LogP contribution in [0.5, 0.6) is 0 Å². The number of hydrogen-bond donors (Lipinski definition) is 0. The highest BCUT2D eigenvalue weighted by Crippen LogP contribution is 2.45. The summed E-state index contributed by atoms with van der Waals surface area (Å²) in [6.45, 7) is 8.04. The van der Waals surface area contributed by atoms with Crippen LogP contribution < -0.4 is 0 Å². The first-order valence-electron chi connectivity index (χ1n) is 8.87. The van der Waals surface area contributed by atoms with Gasteiger partial charge in [0.05, 0.1) is 30.5 Å². The first-order chi connectivity index (χ1) is 12.0. The highest BCUT2D eigenvalue weighted by molar-refractivity contribution is 5.96. The first-order valence-corrected chi connectivity index (χ1v) is 8.87. The summed E-state index contributed by atoms with van der Waals surface area (Å²) in [4.78, 5) is 23.9. The first kappa shape index (κ1) is 16.3. The second-order valence-corrected chi connectivity index (χ2v) is 7.32. The largest absolute Gasteiger partial charge is 0.377 e. The van der Waals surface area contributed by atoms with Gasteiger partial charge in [-0.3, -0.25) is 9.78 Å². The van der Waals surface area contributed by atoms with Gasteiger partial charge in [0.1, 0.15) is 0 Å². The predicted molar refractivity (Wildman–Crippen MR) is 93.8 cm³/mol. The minimum atomic E-state index is -0.190. The van der Waals surface area contributed by atoms with Crippen molar-refractivity contribution in [1.29, 1.82) is 0 Å². The number of carbonyl (C=O) groups is 1. The Hall–Kier alpha value is -2.21. The van der Waals surface area contributed by atoms with E-state index in [1.807, 2.05) is 29.4 Å². The van der Waals surface area contributed by atoms with Gasteiger partial charge in [-0.25, -0.2) is 4.98 Å². The Morgan fingerprint density at radius 1 is 1.32 bits per heavy atom. The number of hydrogen-bond acceptors (Lipinski definition) is 4. The van der Waals surface area contributed by atoms with Gasteiger partial charge in [0.2, 0.25) is 0 Å². The molecule has 4 rings (SSSR count). The van der Waals surface area contributed by atoms with E-state index in [0.717, 1.165) is 22.8 Å². The van der Waals surface area contributed by atoms with Crippen LogP contribution in [0.1, 0.15) is 41.5 Å². The summed E-state index contributed by atoms with van der Waals surface area (Å²) in [6, 6.07) is 1.97. The Labute approximate surface area is 147 Å². The van der Waals surface area contributed by atoms with Crippen molar-refractivity contribution in [3.63, 3.8) is 0 Å². The lowest BCUT2D eigenvalue weighted by molar-refractivity contribution is -0.0547. The molecule has 1 saturated carbocycles. The maximum atomic E-state index is 13.4. The van der Waals surface area contributed by atoms with Crippen LogP contribution in [0.25, 0.3) is 5.82 Å². The molecule has 0 radical (unpaired) electrons. The molecule has 1 saturated heterocycles. The smallest absolute Gasteiger partial charge is 0.256 e. The third-order valence-electron chi connectivity index (χ3n) is 5.61. The Bertz CT molecular complexity index is 797. The predicted octanol–water partition coefficient (Wildman–Crippen LogP) is 2.53. The molecule has 0 N–H and O–H groups in total. The Balaban J connectivity index is 1.71. The monoisotopic (exact) mass is 340 g/mol. The van der Waals surface area contributed by atoms with Crippen LogP contribution in [-0.2, 0) is 4.74 Å². The number of ether oxygens (including phenoxy) is 1. The molecule has 2 fully saturated rings. The normalized spacial score (nSPS) is 23.7. The topological polar surface area (TPSA) is 60.2 Å². The average Bonchev–Trinajstić information content (AvgIpc) is 3.42. The third-order valence-corrected chi connectivity index (χ3v) is 5.61. The highest BCUT2D eigenvalue weighted by Gasteiger charge is 2.49. The molecule has 1 amide bonds. The average molecular weight is 340 g/mol. The molecule has 132 valence electrons. The van der Waals surface area contributed by atoms with Crippen LogP contribution in [0, 0.1) is 19.8 Å². The molecule has 2 aromatic rings. The van der Waals surface area contributed by atoms with Gasteiger partial charge in [0.25, 0.3) is 5.91 Å². The Morgan fingerprint density at radius 3 is 2.80 bits per heavy atom. The summed E-state index contributed by atoms with van der Waals surface area (Å²) in [6.07, 6.45) is 7.40. The lowest BCUT2D eigenvalue weighted by atomic mass is 9.92. The summed E-state index contributed by atoms with van der Waals surface area (Å²) in [5.74, 6) is 1.39. The zero-order valence-electron chi connectivity index (χ0n) is 15.0. The quantitative estimate of drug-likeness (QED) is 0.861. The number of aryl methyl sites for hydroxylation is 1. The van der Waals surface area contributed by atoms with Crippen molar-refractivity contribution in [2.45, 2.75) is 39.2 Å². The van der Waals surface area contributed by atoms with Crippen molar-refractivity contribution in [3.8, 4) is 5.82 Å². The molecule has 0 bridgehead atoms. The van der Waals surface area contributed by atoms with Crippen LogP contribution in [0.2, 0.25) is 0 Å². The fraction of sp³-hybridized carbons (Fsp3) is 0.526. The fourth-order valence-electron chi connectivity index (χ4n) is 4.03. The molecule has 2 aliphatic rings. The summed E-state index contributed by atoms with van der Waals surface area (Å²) in [5, 5.41) is 0. The maximum Gasteiger partial charge on any atom is 0.256 e. The minimum absolute atomic E-state index is 0.0981. The van der Waals surface area contributed by atoms with E-state index in [1.165, 1.54) is 12.8 Å². The van der Waals surface area contributed by atoms with Crippen LogP contribution in [0.3, 0.4) is 0 Å². The molecule has 0 aromatic carbocycles. The standard InChI is InChI=1S/C19H24N4O2/c1-13-10-16(14(2)23(13)17-11-20-6-7-21-17)18(24)22-8-9-25-12-19(22,3)15-4-5-15/h6-7,10-11,15H,4-5,8-9,12H2,1-3H3. The lowest BCUT2D eigenvalue weighted by Gasteiger charge is -2.45. The summed E-state index contributed by atoms with van der Waals surface area (Å²) in [7, 11) is 0. The van der Waals surface area contributed by atoms with E-state index in [-0.39, 0.29) is 11.4 Å². The second kappa shape index (κ2) is 5.95. The molecule has 1 unspecified atom stereocenters. The molecular formula is C19H24N4O2. The molecule has 6 nitrogen and oxygen atoms in total. The van der Waals surface area contributed by atoms with E-state index in [1.54, 1.807) is 18.6 Å². The molecule has 0 spiro atoms. The van der Waals surface area contributed by atoms with Gasteiger partial charge in [0.15, 0.2) is 5.82 Å². The fourth-order valence-corrected chi connectivity index (χ4v) is 4.03. The van der Waals surface area contributed by atoms with E-state index < -0.39 is 0 Å². The molecule has 6 heteroatoms. The molecular weight excluding hydrogens is 316 g/mol. The summed E-state index contributed by atoms with van der Waals surface area (Å²) >= 11 is 0. The molecule has 1 atom stereocenters. The van der Waals surface area contributed by atoms with Crippen molar-refractivity contribution in [2.75, 3.05) is 19.8 Å². The van der Waals surface area contributed by atoms with Gasteiger partial charge in [0, 0.05) is 30.3 Å². The van der Waals surface area contributed by atoms with Gasteiger partial charge in [-0.05, 0) is 45.6 Å². The van der Waals surface area contributed by atoms with Crippen molar-refractivity contribution < 1.29 is 9.53 Å². The third kappa shape index (κ3) is 2.65. The van der Waals surface area contributed by atoms with Gasteiger partial charge < -0.3 is 14.2 Å². The van der Waals surface area contributed by atoms with Crippen LogP contribution in [0.15, 0.2) is 24.7 Å². The zero-order chi connectivity index (χ0) is 17.6. The van der Waals surface area contributed by atoms with Gasteiger partial charge in [-0.2, -0.15) is 0 Å². The molecule has 25 heavy (non-hydrogen) atoms. The van der Waals surface area contributed by atoms with E-state index >= 15 is 0 Å². The van der Waals surface area contributed by atoms with Crippen molar-refractivity contribution in [3.05, 3.63) is 41.6 Å².